The van der Waals surface area contributed by atoms with Crippen LogP contribution in [-0.4, -0.2) is 32.1 Å². The molecular weight excluding hydrogens is 242 g/mol. The van der Waals surface area contributed by atoms with Gasteiger partial charge < -0.3 is 9.84 Å². The largest absolute Gasteiger partial charge is 0.456 e. The zero-order valence-corrected chi connectivity index (χ0v) is 10.6. The molecule has 0 bridgehead atoms. The lowest BCUT2D eigenvalue weighted by molar-refractivity contribution is 0.00200. The van der Waals surface area contributed by atoms with E-state index in [0.717, 1.165) is 31.4 Å². The van der Waals surface area contributed by atoms with Crippen molar-refractivity contribution in [2.24, 2.45) is 0 Å². The molecule has 2 atom stereocenters. The number of hydrogen-bond acceptors (Lipinski definition) is 4. The second-order valence-corrected chi connectivity index (χ2v) is 4.82. The highest BCUT2D eigenvalue weighted by Gasteiger charge is 2.25. The molecule has 1 fully saturated rings. The Morgan fingerprint density at radius 3 is 2.74 bits per heavy atom. The predicted molar refractivity (Wildman–Crippen MR) is 70.2 cm³/mol. The molecule has 0 amide bonds. The van der Waals surface area contributed by atoms with Crippen molar-refractivity contribution in [3.8, 4) is 11.7 Å². The first-order valence-electron chi connectivity index (χ1n) is 6.65. The van der Waals surface area contributed by atoms with Crippen LogP contribution in [0.4, 0.5) is 0 Å². The molecule has 1 saturated carbocycles. The molecular formula is C14H17N3O2. The SMILES string of the molecule is O[C@@H]1CCCC[C@H]1Oc1ncn(-c2ccccc2)n1. The maximum Gasteiger partial charge on any atom is 0.336 e. The molecule has 2 aromatic rings. The van der Waals surface area contributed by atoms with Crippen LogP contribution in [0.5, 0.6) is 6.01 Å². The fraction of sp³-hybridized carbons (Fsp3) is 0.429. The molecule has 19 heavy (non-hydrogen) atoms. The highest BCUT2D eigenvalue weighted by atomic mass is 16.5. The van der Waals surface area contributed by atoms with Gasteiger partial charge in [0, 0.05) is 0 Å². The summed E-state index contributed by atoms with van der Waals surface area (Å²) in [7, 11) is 0. The fourth-order valence-electron chi connectivity index (χ4n) is 2.36. The summed E-state index contributed by atoms with van der Waals surface area (Å²) < 4.78 is 7.35. The van der Waals surface area contributed by atoms with Crippen molar-refractivity contribution >= 4 is 0 Å². The van der Waals surface area contributed by atoms with E-state index in [1.807, 2.05) is 30.3 Å². The van der Waals surface area contributed by atoms with Crippen molar-refractivity contribution in [2.75, 3.05) is 0 Å². The van der Waals surface area contributed by atoms with E-state index in [0.29, 0.717) is 6.01 Å². The summed E-state index contributed by atoms with van der Waals surface area (Å²) in [5.41, 5.74) is 0.939. The first-order valence-corrected chi connectivity index (χ1v) is 6.65. The standard InChI is InChI=1S/C14H17N3O2/c18-12-8-4-5-9-13(12)19-14-15-10-17(16-14)11-6-2-1-3-7-11/h1-3,6-7,10,12-13,18H,4-5,8-9H2/t12-,13-/m1/s1. The van der Waals surface area contributed by atoms with Crippen LogP contribution in [0.1, 0.15) is 25.7 Å². The quantitative estimate of drug-likeness (QED) is 0.915. The van der Waals surface area contributed by atoms with Gasteiger partial charge in [-0.05, 0) is 31.4 Å². The van der Waals surface area contributed by atoms with Gasteiger partial charge in [0.05, 0.1) is 11.8 Å². The average molecular weight is 259 g/mol. The van der Waals surface area contributed by atoms with E-state index < -0.39 is 6.10 Å². The minimum atomic E-state index is -0.405. The summed E-state index contributed by atoms with van der Waals surface area (Å²) in [4.78, 5) is 4.14. The number of aliphatic hydroxyl groups excluding tert-OH is 1. The number of aromatic nitrogens is 3. The Balaban J connectivity index is 1.71. The van der Waals surface area contributed by atoms with Gasteiger partial charge in [-0.25, -0.2) is 4.68 Å². The first-order chi connectivity index (χ1) is 9.33. The van der Waals surface area contributed by atoms with Gasteiger partial charge in [0.2, 0.25) is 0 Å². The van der Waals surface area contributed by atoms with Gasteiger partial charge in [0.15, 0.2) is 0 Å². The van der Waals surface area contributed by atoms with Crippen LogP contribution in [-0.2, 0) is 0 Å². The van der Waals surface area contributed by atoms with Crippen LogP contribution in [0, 0.1) is 0 Å². The Bertz CT molecular complexity index is 526. The van der Waals surface area contributed by atoms with Gasteiger partial charge in [-0.3, -0.25) is 0 Å². The molecule has 1 aromatic carbocycles. The van der Waals surface area contributed by atoms with E-state index in [4.69, 9.17) is 4.74 Å². The van der Waals surface area contributed by atoms with Crippen LogP contribution in [0.15, 0.2) is 36.7 Å². The number of benzene rings is 1. The lowest BCUT2D eigenvalue weighted by Crippen LogP contribution is -2.34. The molecule has 100 valence electrons. The van der Waals surface area contributed by atoms with E-state index in [9.17, 15) is 5.11 Å². The van der Waals surface area contributed by atoms with Gasteiger partial charge in [-0.2, -0.15) is 4.98 Å². The highest BCUT2D eigenvalue weighted by molar-refractivity contribution is 5.29. The zero-order valence-electron chi connectivity index (χ0n) is 10.6. The third-order valence-electron chi connectivity index (χ3n) is 3.42. The summed E-state index contributed by atoms with van der Waals surface area (Å²) in [5.74, 6) is 0. The molecule has 5 heteroatoms. The van der Waals surface area contributed by atoms with Crippen molar-refractivity contribution in [3.63, 3.8) is 0 Å². The molecule has 0 unspecified atom stereocenters. The van der Waals surface area contributed by atoms with Crippen LogP contribution in [0.3, 0.4) is 0 Å². The number of aliphatic hydroxyl groups is 1. The van der Waals surface area contributed by atoms with E-state index in [1.165, 1.54) is 0 Å². The number of ether oxygens (including phenoxy) is 1. The molecule has 0 saturated heterocycles. The second kappa shape index (κ2) is 5.40. The Labute approximate surface area is 111 Å². The Kier molecular flexibility index (Phi) is 3.46. The van der Waals surface area contributed by atoms with Crippen molar-refractivity contribution in [2.45, 2.75) is 37.9 Å². The Hall–Kier alpha value is -1.88. The predicted octanol–water partition coefficient (Wildman–Crippen LogP) is 1.95. The third-order valence-corrected chi connectivity index (χ3v) is 3.42. The molecule has 0 aliphatic heterocycles. The summed E-state index contributed by atoms with van der Waals surface area (Å²) in [6, 6.07) is 10.1. The normalized spacial score (nSPS) is 23.2. The molecule has 1 aromatic heterocycles. The van der Waals surface area contributed by atoms with Gasteiger partial charge in [-0.15, -0.1) is 5.10 Å². The zero-order chi connectivity index (χ0) is 13.1. The lowest BCUT2D eigenvalue weighted by atomic mass is 9.95. The molecule has 0 radical (unpaired) electrons. The lowest BCUT2D eigenvalue weighted by Gasteiger charge is -2.26. The number of hydrogen-bond donors (Lipinski definition) is 1. The molecule has 3 rings (SSSR count). The van der Waals surface area contributed by atoms with Gasteiger partial charge in [0.25, 0.3) is 0 Å². The van der Waals surface area contributed by atoms with Crippen LogP contribution in [0.2, 0.25) is 0 Å². The van der Waals surface area contributed by atoms with Crippen LogP contribution < -0.4 is 4.74 Å². The maximum atomic E-state index is 9.87. The second-order valence-electron chi connectivity index (χ2n) is 4.82. The van der Waals surface area contributed by atoms with E-state index >= 15 is 0 Å². The average Bonchev–Trinajstić information content (AvgIpc) is 2.91. The summed E-state index contributed by atoms with van der Waals surface area (Å²) in [6.07, 6.45) is 4.84. The topological polar surface area (TPSA) is 60.2 Å². The number of nitrogens with zero attached hydrogens (tertiary/aromatic N) is 3. The van der Waals surface area contributed by atoms with Crippen molar-refractivity contribution in [1.82, 2.24) is 14.8 Å². The first kappa shape index (κ1) is 12.2. The van der Waals surface area contributed by atoms with E-state index in [-0.39, 0.29) is 6.10 Å². The summed E-state index contributed by atoms with van der Waals surface area (Å²) in [6.45, 7) is 0. The van der Waals surface area contributed by atoms with Crippen LogP contribution in [0.25, 0.3) is 5.69 Å². The smallest absolute Gasteiger partial charge is 0.336 e. The molecule has 1 aliphatic rings. The summed E-state index contributed by atoms with van der Waals surface area (Å²) in [5, 5.41) is 14.1. The minimum absolute atomic E-state index is 0.180. The van der Waals surface area contributed by atoms with Gasteiger partial charge in [0.1, 0.15) is 12.4 Å². The Morgan fingerprint density at radius 2 is 1.95 bits per heavy atom. The molecule has 5 nitrogen and oxygen atoms in total. The highest BCUT2D eigenvalue weighted by Crippen LogP contribution is 2.22. The third kappa shape index (κ3) is 2.76. The van der Waals surface area contributed by atoms with E-state index in [1.54, 1.807) is 11.0 Å². The van der Waals surface area contributed by atoms with Crippen molar-refractivity contribution in [1.29, 1.82) is 0 Å². The molecule has 1 N–H and O–H groups in total. The minimum Gasteiger partial charge on any atom is -0.456 e. The fourth-order valence-corrected chi connectivity index (χ4v) is 2.36. The number of rotatable bonds is 3. The molecule has 1 heterocycles. The summed E-state index contributed by atoms with van der Waals surface area (Å²) >= 11 is 0. The van der Waals surface area contributed by atoms with Crippen LogP contribution >= 0.6 is 0 Å². The number of para-hydroxylation sites is 1. The van der Waals surface area contributed by atoms with Gasteiger partial charge in [-0.1, -0.05) is 24.6 Å². The van der Waals surface area contributed by atoms with Crippen molar-refractivity contribution < 1.29 is 9.84 Å². The molecule has 0 spiro atoms. The van der Waals surface area contributed by atoms with Crippen molar-refractivity contribution in [3.05, 3.63) is 36.7 Å². The Morgan fingerprint density at radius 1 is 1.16 bits per heavy atom. The van der Waals surface area contributed by atoms with Gasteiger partial charge >= 0.3 is 6.01 Å². The monoisotopic (exact) mass is 259 g/mol. The molecule has 1 aliphatic carbocycles. The van der Waals surface area contributed by atoms with E-state index in [2.05, 4.69) is 10.1 Å². The maximum absolute atomic E-state index is 9.87.